The molecule has 0 aliphatic carbocycles. The Bertz CT molecular complexity index is 298. The van der Waals surface area contributed by atoms with Gasteiger partial charge in [-0.1, -0.05) is 6.92 Å². The van der Waals surface area contributed by atoms with Crippen molar-refractivity contribution in [3.63, 3.8) is 0 Å². The molecule has 5 nitrogen and oxygen atoms in total. The van der Waals surface area contributed by atoms with Crippen LogP contribution in [0, 0.1) is 17.2 Å². The lowest BCUT2D eigenvalue weighted by atomic mass is 9.97. The van der Waals surface area contributed by atoms with Crippen LogP contribution in [-0.4, -0.2) is 35.5 Å². The quantitative estimate of drug-likeness (QED) is 0.638. The van der Waals surface area contributed by atoms with Crippen molar-refractivity contribution >= 4 is 0 Å². The van der Waals surface area contributed by atoms with Gasteiger partial charge in [0, 0.05) is 5.92 Å². The number of fused-ring (bicyclic) bond motifs is 1. The Hall–Kier alpha value is -0.670. The van der Waals surface area contributed by atoms with Gasteiger partial charge in [0.15, 0.2) is 18.2 Å². The largest absolute Gasteiger partial charge is 0.375 e. The van der Waals surface area contributed by atoms with Crippen LogP contribution in [0.4, 0.5) is 0 Å². The highest BCUT2D eigenvalue weighted by atomic mass is 16.8. The summed E-state index contributed by atoms with van der Waals surface area (Å²) in [5.74, 6) is -0.696. The summed E-state index contributed by atoms with van der Waals surface area (Å²) in [7, 11) is 0. The van der Waals surface area contributed by atoms with Gasteiger partial charge < -0.3 is 19.3 Å². The number of hydrogen-bond donors (Lipinski definition) is 1. The zero-order valence-corrected chi connectivity index (χ0v) is 9.01. The van der Waals surface area contributed by atoms with E-state index in [1.807, 2.05) is 20.8 Å². The molecule has 2 aliphatic heterocycles. The van der Waals surface area contributed by atoms with Crippen LogP contribution < -0.4 is 0 Å². The lowest BCUT2D eigenvalue weighted by Crippen LogP contribution is -2.34. The standard InChI is InChI=1S/C10H15NO4/c1-5-7(6(12)4-11)13-9-8(5)14-10(2,3)15-9/h5-9,12H,1-3H3/t5-,6-,7+,8?,9-/m0/s1. The van der Waals surface area contributed by atoms with Gasteiger partial charge in [0.2, 0.25) is 0 Å². The summed E-state index contributed by atoms with van der Waals surface area (Å²) in [6, 6.07) is 1.77. The maximum Gasteiger partial charge on any atom is 0.188 e. The van der Waals surface area contributed by atoms with Crippen molar-refractivity contribution in [2.75, 3.05) is 0 Å². The van der Waals surface area contributed by atoms with Gasteiger partial charge in [0.1, 0.15) is 12.2 Å². The molecule has 1 N–H and O–H groups in total. The average molecular weight is 213 g/mol. The fourth-order valence-electron chi connectivity index (χ4n) is 2.12. The molecule has 0 bridgehead atoms. The zero-order valence-electron chi connectivity index (χ0n) is 9.01. The predicted octanol–water partition coefficient (Wildman–Crippen LogP) is 0.383. The van der Waals surface area contributed by atoms with E-state index in [0.29, 0.717) is 0 Å². The van der Waals surface area contributed by atoms with E-state index in [-0.39, 0.29) is 12.0 Å². The SMILES string of the molecule is C[C@@H]1C2OC(C)(C)O[C@@H]2O[C@H]1[C@@H](O)C#N. The van der Waals surface area contributed by atoms with E-state index < -0.39 is 24.3 Å². The molecule has 2 aliphatic rings. The van der Waals surface area contributed by atoms with E-state index in [2.05, 4.69) is 0 Å². The summed E-state index contributed by atoms with van der Waals surface area (Å²) in [5.41, 5.74) is 0. The molecule has 84 valence electrons. The van der Waals surface area contributed by atoms with Crippen LogP contribution in [0.1, 0.15) is 20.8 Å². The molecule has 0 radical (unpaired) electrons. The topological polar surface area (TPSA) is 71.7 Å². The normalized spacial score (nSPS) is 44.7. The van der Waals surface area contributed by atoms with Crippen LogP contribution in [0.15, 0.2) is 0 Å². The van der Waals surface area contributed by atoms with Crippen molar-refractivity contribution < 1.29 is 19.3 Å². The van der Waals surface area contributed by atoms with E-state index in [1.165, 1.54) is 0 Å². The fourth-order valence-corrected chi connectivity index (χ4v) is 2.12. The van der Waals surface area contributed by atoms with Crippen LogP contribution >= 0.6 is 0 Å². The third kappa shape index (κ3) is 1.74. The molecule has 0 amide bonds. The minimum absolute atomic E-state index is 0.0496. The van der Waals surface area contributed by atoms with Gasteiger partial charge in [0.05, 0.1) is 6.07 Å². The zero-order chi connectivity index (χ0) is 11.2. The van der Waals surface area contributed by atoms with E-state index in [9.17, 15) is 5.11 Å². The van der Waals surface area contributed by atoms with Crippen LogP contribution in [-0.2, 0) is 14.2 Å². The molecular weight excluding hydrogens is 198 g/mol. The van der Waals surface area contributed by atoms with E-state index >= 15 is 0 Å². The molecule has 2 fully saturated rings. The molecule has 0 saturated carbocycles. The van der Waals surface area contributed by atoms with Gasteiger partial charge in [-0.2, -0.15) is 5.26 Å². The molecule has 0 aromatic carbocycles. The highest BCUT2D eigenvalue weighted by Gasteiger charge is 2.54. The summed E-state index contributed by atoms with van der Waals surface area (Å²) in [4.78, 5) is 0. The molecule has 15 heavy (non-hydrogen) atoms. The van der Waals surface area contributed by atoms with Crippen molar-refractivity contribution in [2.24, 2.45) is 5.92 Å². The molecule has 0 aromatic heterocycles. The predicted molar refractivity (Wildman–Crippen MR) is 49.5 cm³/mol. The van der Waals surface area contributed by atoms with Crippen LogP contribution in [0.2, 0.25) is 0 Å². The van der Waals surface area contributed by atoms with Crippen molar-refractivity contribution in [1.82, 2.24) is 0 Å². The molecule has 0 aromatic rings. The first kappa shape index (κ1) is 10.8. The Morgan fingerprint density at radius 2 is 2.07 bits per heavy atom. The maximum absolute atomic E-state index is 9.42. The number of aliphatic hydroxyl groups is 1. The molecule has 5 atom stereocenters. The van der Waals surface area contributed by atoms with Crippen LogP contribution in [0.25, 0.3) is 0 Å². The minimum atomic E-state index is -1.12. The van der Waals surface area contributed by atoms with Gasteiger partial charge in [0.25, 0.3) is 0 Å². The molecular formula is C10H15NO4. The van der Waals surface area contributed by atoms with Gasteiger partial charge in [-0.25, -0.2) is 0 Å². The van der Waals surface area contributed by atoms with Crippen molar-refractivity contribution in [1.29, 1.82) is 5.26 Å². The number of nitrogens with zero attached hydrogens (tertiary/aromatic N) is 1. The van der Waals surface area contributed by atoms with Crippen molar-refractivity contribution in [3.8, 4) is 6.07 Å². The second-order valence-electron chi connectivity index (χ2n) is 4.50. The molecule has 5 heteroatoms. The van der Waals surface area contributed by atoms with E-state index in [1.54, 1.807) is 6.07 Å². The maximum atomic E-state index is 9.42. The summed E-state index contributed by atoms with van der Waals surface area (Å²) in [6.07, 6.45) is -2.32. The monoisotopic (exact) mass is 213 g/mol. The van der Waals surface area contributed by atoms with Crippen LogP contribution in [0.5, 0.6) is 0 Å². The molecule has 0 spiro atoms. The lowest BCUT2D eigenvalue weighted by molar-refractivity contribution is -0.216. The third-order valence-electron chi connectivity index (χ3n) is 2.86. The smallest absolute Gasteiger partial charge is 0.188 e. The first-order chi connectivity index (χ1) is 6.94. The van der Waals surface area contributed by atoms with Crippen molar-refractivity contribution in [3.05, 3.63) is 0 Å². The van der Waals surface area contributed by atoms with Crippen molar-refractivity contribution in [2.45, 2.75) is 51.2 Å². The molecule has 2 saturated heterocycles. The Balaban J connectivity index is 2.09. The first-order valence-electron chi connectivity index (χ1n) is 5.03. The Kier molecular flexibility index (Phi) is 2.47. The minimum Gasteiger partial charge on any atom is -0.375 e. The number of hydrogen-bond acceptors (Lipinski definition) is 5. The third-order valence-corrected chi connectivity index (χ3v) is 2.86. The first-order valence-corrected chi connectivity index (χ1v) is 5.03. The Labute approximate surface area is 88.5 Å². The van der Waals surface area contributed by atoms with Gasteiger partial charge >= 0.3 is 0 Å². The number of nitriles is 1. The fraction of sp³-hybridized carbons (Fsp3) is 0.900. The summed E-state index contributed by atoms with van der Waals surface area (Å²) < 4.78 is 16.6. The lowest BCUT2D eigenvalue weighted by Gasteiger charge is -2.23. The summed E-state index contributed by atoms with van der Waals surface area (Å²) in [6.45, 7) is 5.52. The Morgan fingerprint density at radius 3 is 2.60 bits per heavy atom. The number of aliphatic hydroxyl groups excluding tert-OH is 1. The van der Waals surface area contributed by atoms with Gasteiger partial charge in [-0.05, 0) is 13.8 Å². The molecule has 2 rings (SSSR count). The highest BCUT2D eigenvalue weighted by Crippen LogP contribution is 2.41. The van der Waals surface area contributed by atoms with Gasteiger partial charge in [-0.3, -0.25) is 0 Å². The number of ether oxygens (including phenoxy) is 3. The summed E-state index contributed by atoms with van der Waals surface area (Å²) >= 11 is 0. The molecule has 2 heterocycles. The Morgan fingerprint density at radius 1 is 1.40 bits per heavy atom. The van der Waals surface area contributed by atoms with Crippen LogP contribution in [0.3, 0.4) is 0 Å². The summed E-state index contributed by atoms with van der Waals surface area (Å²) in [5, 5.41) is 18.0. The molecule has 1 unspecified atom stereocenters. The highest BCUT2D eigenvalue weighted by molar-refractivity contribution is 4.99. The average Bonchev–Trinajstić information content (AvgIpc) is 2.60. The van der Waals surface area contributed by atoms with E-state index in [0.717, 1.165) is 0 Å². The number of rotatable bonds is 1. The van der Waals surface area contributed by atoms with E-state index in [4.69, 9.17) is 19.5 Å². The second-order valence-corrected chi connectivity index (χ2v) is 4.50. The second kappa shape index (κ2) is 3.42. The van der Waals surface area contributed by atoms with Gasteiger partial charge in [-0.15, -0.1) is 0 Å².